The Morgan fingerprint density at radius 2 is 1.85 bits per heavy atom. The summed E-state index contributed by atoms with van der Waals surface area (Å²) in [6.45, 7) is 10.3. The fraction of sp³-hybridized carbons (Fsp3) is 0.429. The lowest BCUT2D eigenvalue weighted by atomic mass is 10.0. The van der Waals surface area contributed by atoms with Gasteiger partial charge in [-0.3, -0.25) is 4.90 Å². The quantitative estimate of drug-likeness (QED) is 0.243. The molecule has 0 radical (unpaired) electrons. The molecule has 0 spiro atoms. The first-order chi connectivity index (χ1) is 18.7. The predicted octanol–water partition coefficient (Wildman–Crippen LogP) is 6.77. The third kappa shape index (κ3) is 6.44. The summed E-state index contributed by atoms with van der Waals surface area (Å²) < 4.78 is 57.0. The molecule has 0 unspecified atom stereocenters. The number of halogens is 5. The summed E-state index contributed by atoms with van der Waals surface area (Å²) in [7, 11) is 0. The van der Waals surface area contributed by atoms with Crippen molar-refractivity contribution in [2.45, 2.75) is 50.4 Å². The number of anilines is 1. The van der Waals surface area contributed by atoms with Crippen LogP contribution >= 0.6 is 23.5 Å². The molecule has 39 heavy (non-hydrogen) atoms. The van der Waals surface area contributed by atoms with Crippen molar-refractivity contribution >= 4 is 40.7 Å². The number of nitrogens with zero attached hydrogens (tertiary/aromatic N) is 5. The molecule has 2 aromatic carbocycles. The summed E-state index contributed by atoms with van der Waals surface area (Å²) in [5.41, 5.74) is 2.63. The van der Waals surface area contributed by atoms with Gasteiger partial charge in [0.25, 0.3) is 6.43 Å². The second-order valence-corrected chi connectivity index (χ2v) is 11.9. The molecule has 0 saturated carbocycles. The maximum absolute atomic E-state index is 15.3. The van der Waals surface area contributed by atoms with E-state index in [9.17, 15) is 13.2 Å². The molecule has 0 atom stereocenters. The van der Waals surface area contributed by atoms with Gasteiger partial charge in [0.15, 0.2) is 0 Å². The molecule has 2 aromatic rings. The average Bonchev–Trinajstić information content (AvgIpc) is 3.37. The minimum Gasteiger partial charge on any atom is -0.372 e. The molecule has 5 nitrogen and oxygen atoms in total. The van der Waals surface area contributed by atoms with Crippen molar-refractivity contribution in [3.63, 3.8) is 0 Å². The molecule has 2 fully saturated rings. The highest BCUT2D eigenvalue weighted by Gasteiger charge is 2.34. The molecule has 3 heterocycles. The summed E-state index contributed by atoms with van der Waals surface area (Å²) in [4.78, 5) is 4.82. The van der Waals surface area contributed by atoms with E-state index in [0.29, 0.717) is 33.8 Å². The van der Waals surface area contributed by atoms with Crippen molar-refractivity contribution < 1.29 is 17.6 Å². The van der Waals surface area contributed by atoms with E-state index in [1.807, 2.05) is 11.2 Å². The SMILES string of the molecule is C=C(C)N1CC(N2CCC(SN(Cc3ccc(C4=NN=C(C(F)F)C4)cc3F)c3ccc(F)c(Cl)c3)CC2)C1. The minimum atomic E-state index is -2.69. The largest absolute Gasteiger partial charge is 0.372 e. The molecular weight excluding hydrogens is 550 g/mol. The Morgan fingerprint density at radius 3 is 2.46 bits per heavy atom. The van der Waals surface area contributed by atoms with Crippen molar-refractivity contribution in [3.05, 3.63) is 76.5 Å². The number of likely N-dealkylation sites (tertiary alicyclic amines) is 2. The van der Waals surface area contributed by atoms with E-state index in [0.717, 1.165) is 44.7 Å². The average molecular weight is 580 g/mol. The van der Waals surface area contributed by atoms with Gasteiger partial charge in [-0.15, -0.1) is 0 Å². The highest BCUT2D eigenvalue weighted by Crippen LogP contribution is 2.36. The summed E-state index contributed by atoms with van der Waals surface area (Å²) >= 11 is 7.72. The van der Waals surface area contributed by atoms with Crippen LogP contribution in [0.15, 0.2) is 58.9 Å². The van der Waals surface area contributed by atoms with E-state index in [4.69, 9.17) is 11.6 Å². The highest BCUT2D eigenvalue weighted by atomic mass is 35.5. The van der Waals surface area contributed by atoms with Gasteiger partial charge in [0, 0.05) is 53.3 Å². The fourth-order valence-electron chi connectivity index (χ4n) is 5.01. The molecule has 208 valence electrons. The summed E-state index contributed by atoms with van der Waals surface area (Å²) in [5.74, 6) is -0.984. The topological polar surface area (TPSA) is 34.4 Å². The first kappa shape index (κ1) is 28.0. The first-order valence-corrected chi connectivity index (χ1v) is 14.1. The van der Waals surface area contributed by atoms with Crippen LogP contribution < -0.4 is 4.31 Å². The summed E-state index contributed by atoms with van der Waals surface area (Å²) in [6, 6.07) is 9.69. The van der Waals surface area contributed by atoms with Gasteiger partial charge in [-0.1, -0.05) is 30.3 Å². The molecular formula is C28H30ClF4N5S. The zero-order valence-corrected chi connectivity index (χ0v) is 23.2. The molecule has 5 rings (SSSR count). The number of hydrogen-bond acceptors (Lipinski definition) is 6. The van der Waals surface area contributed by atoms with Crippen LogP contribution in [0.3, 0.4) is 0 Å². The second kappa shape index (κ2) is 11.9. The van der Waals surface area contributed by atoms with Crippen LogP contribution in [0.1, 0.15) is 37.3 Å². The predicted molar refractivity (Wildman–Crippen MR) is 151 cm³/mol. The summed E-state index contributed by atoms with van der Waals surface area (Å²) in [6.07, 6.45) is -0.826. The van der Waals surface area contributed by atoms with Gasteiger partial charge < -0.3 is 9.21 Å². The Hall–Kier alpha value is -2.56. The van der Waals surface area contributed by atoms with E-state index in [2.05, 4.69) is 26.6 Å². The van der Waals surface area contributed by atoms with Crippen LogP contribution in [-0.4, -0.2) is 65.1 Å². The van der Waals surface area contributed by atoms with Crippen molar-refractivity contribution in [2.75, 3.05) is 30.5 Å². The zero-order chi connectivity index (χ0) is 27.7. The lowest BCUT2D eigenvalue weighted by molar-refractivity contribution is 0.0463. The first-order valence-electron chi connectivity index (χ1n) is 12.9. The van der Waals surface area contributed by atoms with E-state index in [1.54, 1.807) is 36.2 Å². The second-order valence-electron chi connectivity index (χ2n) is 10.2. The molecule has 3 aliphatic heterocycles. The van der Waals surface area contributed by atoms with E-state index < -0.39 is 18.1 Å². The van der Waals surface area contributed by atoms with Crippen LogP contribution in [0.4, 0.5) is 23.2 Å². The Labute approximate surface area is 235 Å². The zero-order valence-electron chi connectivity index (χ0n) is 21.6. The lowest BCUT2D eigenvalue weighted by Gasteiger charge is -2.49. The molecule has 3 aliphatic rings. The number of benzene rings is 2. The number of hydrogen-bond donors (Lipinski definition) is 0. The van der Waals surface area contributed by atoms with Crippen LogP contribution in [-0.2, 0) is 6.54 Å². The Morgan fingerprint density at radius 1 is 1.10 bits per heavy atom. The molecule has 0 aliphatic carbocycles. The van der Waals surface area contributed by atoms with Gasteiger partial charge >= 0.3 is 0 Å². The smallest absolute Gasteiger partial charge is 0.278 e. The van der Waals surface area contributed by atoms with Gasteiger partial charge in [0.1, 0.15) is 17.3 Å². The van der Waals surface area contributed by atoms with Gasteiger partial charge in [-0.2, -0.15) is 10.2 Å². The molecule has 0 bridgehead atoms. The van der Waals surface area contributed by atoms with Crippen molar-refractivity contribution in [1.29, 1.82) is 0 Å². The van der Waals surface area contributed by atoms with Crippen LogP contribution in [0.5, 0.6) is 0 Å². The van der Waals surface area contributed by atoms with E-state index in [1.165, 1.54) is 12.1 Å². The third-order valence-corrected chi connectivity index (χ3v) is 9.12. The number of allylic oxidation sites excluding steroid dienone is 1. The Bertz CT molecular complexity index is 1290. The van der Waals surface area contributed by atoms with E-state index in [-0.39, 0.29) is 23.7 Å². The number of rotatable bonds is 9. The van der Waals surface area contributed by atoms with Gasteiger partial charge in [0.05, 0.1) is 17.3 Å². The Balaban J connectivity index is 1.26. The maximum Gasteiger partial charge on any atom is 0.278 e. The number of alkyl halides is 2. The van der Waals surface area contributed by atoms with Crippen LogP contribution in [0.25, 0.3) is 0 Å². The van der Waals surface area contributed by atoms with Crippen molar-refractivity contribution in [2.24, 2.45) is 10.2 Å². The standard InChI is InChI=1S/C28H30ClF4N5S/c1-17(2)37-15-21(16-37)36-9-7-22(8-10-36)39-38(20-5-6-24(30)23(29)12-20)14-19-4-3-18(11-25(19)31)26-13-27(28(32)33)35-34-26/h3-6,11-12,21-22,28H,1,7-10,13-16H2,2H3. The minimum absolute atomic E-state index is 0.00451. The normalized spacial score (nSPS) is 18.8. The van der Waals surface area contributed by atoms with Crippen molar-refractivity contribution in [1.82, 2.24) is 9.80 Å². The molecule has 0 N–H and O–H groups in total. The third-order valence-electron chi connectivity index (χ3n) is 7.46. The summed E-state index contributed by atoms with van der Waals surface area (Å²) in [5, 5.41) is 7.64. The van der Waals surface area contributed by atoms with Gasteiger partial charge in [-0.25, -0.2) is 17.6 Å². The number of piperidine rings is 1. The monoisotopic (exact) mass is 579 g/mol. The molecule has 2 saturated heterocycles. The van der Waals surface area contributed by atoms with Gasteiger partial charge in [-0.05, 0) is 69.1 Å². The lowest BCUT2D eigenvalue weighted by Crippen LogP contribution is -2.60. The van der Waals surface area contributed by atoms with Gasteiger partial charge in [0.2, 0.25) is 0 Å². The molecule has 11 heteroatoms. The molecule has 0 aromatic heterocycles. The van der Waals surface area contributed by atoms with Crippen LogP contribution in [0, 0.1) is 11.6 Å². The highest BCUT2D eigenvalue weighted by molar-refractivity contribution is 8.01. The van der Waals surface area contributed by atoms with Crippen molar-refractivity contribution in [3.8, 4) is 0 Å². The fourth-order valence-corrected chi connectivity index (χ4v) is 6.42. The Kier molecular flexibility index (Phi) is 8.54. The van der Waals surface area contributed by atoms with E-state index >= 15 is 4.39 Å². The molecule has 0 amide bonds. The van der Waals surface area contributed by atoms with Crippen LogP contribution in [0.2, 0.25) is 5.02 Å². The maximum atomic E-state index is 15.3.